The van der Waals surface area contributed by atoms with Gasteiger partial charge in [-0.1, -0.05) is 38.1 Å². The smallest absolute Gasteiger partial charge is 0.407 e. The molecule has 192 valence electrons. The van der Waals surface area contributed by atoms with Crippen LogP contribution in [0.2, 0.25) is 0 Å². The Morgan fingerprint density at radius 2 is 1.83 bits per heavy atom. The minimum atomic E-state index is -1.23. The van der Waals surface area contributed by atoms with Crippen LogP contribution in [0.4, 0.5) is 4.79 Å². The van der Waals surface area contributed by atoms with E-state index in [9.17, 15) is 24.3 Å². The Kier molecular flexibility index (Phi) is 8.07. The van der Waals surface area contributed by atoms with Crippen LogP contribution in [0.25, 0.3) is 0 Å². The zero-order valence-corrected chi connectivity index (χ0v) is 21.3. The second kappa shape index (κ2) is 10.7. The van der Waals surface area contributed by atoms with Crippen molar-refractivity contribution in [3.63, 3.8) is 0 Å². The monoisotopic (exact) mass is 486 g/mol. The fourth-order valence-electron chi connectivity index (χ4n) is 5.07. The molecule has 4 amide bonds. The zero-order valence-electron chi connectivity index (χ0n) is 21.3. The Balaban J connectivity index is 1.76. The number of benzene rings is 1. The Morgan fingerprint density at radius 3 is 2.49 bits per heavy atom. The molecule has 0 radical (unpaired) electrons. The minimum Gasteiger partial charge on any atom is -0.465 e. The number of nitrogens with one attached hydrogen (secondary N) is 2. The summed E-state index contributed by atoms with van der Waals surface area (Å²) in [5.74, 6) is -1.30. The number of nitrogens with zero attached hydrogens (tertiary/aromatic N) is 2. The molecule has 1 aromatic carbocycles. The lowest BCUT2D eigenvalue weighted by Crippen LogP contribution is -2.62. The molecule has 1 aliphatic heterocycles. The summed E-state index contributed by atoms with van der Waals surface area (Å²) in [6.45, 7) is 7.33. The maximum Gasteiger partial charge on any atom is 0.407 e. The van der Waals surface area contributed by atoms with Crippen LogP contribution in [0.5, 0.6) is 0 Å². The number of fused-ring (bicyclic) bond motifs is 1. The van der Waals surface area contributed by atoms with Crippen LogP contribution in [0.1, 0.15) is 70.5 Å². The Hall–Kier alpha value is -3.10. The van der Waals surface area contributed by atoms with Crippen molar-refractivity contribution in [3.05, 3.63) is 35.4 Å². The van der Waals surface area contributed by atoms with Gasteiger partial charge < -0.3 is 20.6 Å². The first-order chi connectivity index (χ1) is 16.5. The van der Waals surface area contributed by atoms with Gasteiger partial charge in [0.2, 0.25) is 17.7 Å². The van der Waals surface area contributed by atoms with Gasteiger partial charge in [-0.25, -0.2) is 4.79 Å². The van der Waals surface area contributed by atoms with Gasteiger partial charge in [-0.05, 0) is 63.0 Å². The third-order valence-electron chi connectivity index (χ3n) is 7.56. The average molecular weight is 487 g/mol. The van der Waals surface area contributed by atoms with Crippen LogP contribution in [-0.2, 0) is 20.8 Å². The molecule has 0 bridgehead atoms. The van der Waals surface area contributed by atoms with Crippen LogP contribution in [-0.4, -0.2) is 69.9 Å². The quantitative estimate of drug-likeness (QED) is 0.548. The van der Waals surface area contributed by atoms with E-state index >= 15 is 0 Å². The highest BCUT2D eigenvalue weighted by Gasteiger charge is 2.48. The number of amides is 4. The summed E-state index contributed by atoms with van der Waals surface area (Å²) in [6.07, 6.45) is 2.84. The van der Waals surface area contributed by atoms with Crippen LogP contribution in [0.3, 0.4) is 0 Å². The summed E-state index contributed by atoms with van der Waals surface area (Å²) < 4.78 is 0. The standard InChI is InChI=1S/C26H38N4O5/c1-16(2)21(28-22(31)17(3)29(5)25(34)35)23(32)30-15-9-14-26(30,4)24(33)27-20-13-8-11-18-10-6-7-12-19(18)20/h6-7,10,12,16-17,20-21H,8-9,11,13-15H2,1-5H3,(H,27,33)(H,28,31)(H,34,35). The molecule has 1 aromatic rings. The normalized spacial score (nSPS) is 23.3. The van der Waals surface area contributed by atoms with E-state index in [4.69, 9.17) is 0 Å². The molecule has 35 heavy (non-hydrogen) atoms. The fraction of sp³-hybridized carbons (Fsp3) is 0.615. The van der Waals surface area contributed by atoms with Crippen molar-refractivity contribution < 1.29 is 24.3 Å². The molecular formula is C26H38N4O5. The fourth-order valence-corrected chi connectivity index (χ4v) is 5.07. The van der Waals surface area contributed by atoms with Crippen molar-refractivity contribution >= 4 is 23.8 Å². The Labute approximate surface area is 207 Å². The molecule has 4 unspecified atom stereocenters. The number of hydrogen-bond acceptors (Lipinski definition) is 4. The van der Waals surface area contributed by atoms with E-state index in [0.29, 0.717) is 19.4 Å². The molecule has 9 nitrogen and oxygen atoms in total. The van der Waals surface area contributed by atoms with E-state index in [1.54, 1.807) is 11.8 Å². The molecule has 3 N–H and O–H groups in total. The van der Waals surface area contributed by atoms with Crippen molar-refractivity contribution in [3.8, 4) is 0 Å². The predicted molar refractivity (Wildman–Crippen MR) is 132 cm³/mol. The lowest BCUT2D eigenvalue weighted by atomic mass is 9.86. The highest BCUT2D eigenvalue weighted by molar-refractivity contribution is 5.96. The van der Waals surface area contributed by atoms with Crippen LogP contribution in [0, 0.1) is 5.92 Å². The van der Waals surface area contributed by atoms with Gasteiger partial charge in [0.15, 0.2) is 0 Å². The number of hydrogen-bond donors (Lipinski definition) is 3. The summed E-state index contributed by atoms with van der Waals surface area (Å²) in [6, 6.07) is 6.23. The minimum absolute atomic E-state index is 0.0881. The summed E-state index contributed by atoms with van der Waals surface area (Å²) in [5, 5.41) is 15.1. The van der Waals surface area contributed by atoms with Gasteiger partial charge in [0.05, 0.1) is 6.04 Å². The Morgan fingerprint density at radius 1 is 1.14 bits per heavy atom. The molecule has 0 saturated carbocycles. The molecule has 1 saturated heterocycles. The molecule has 1 heterocycles. The molecule has 4 atom stereocenters. The van der Waals surface area contributed by atoms with E-state index in [0.717, 1.165) is 29.7 Å². The maximum atomic E-state index is 13.7. The number of likely N-dealkylation sites (tertiary alicyclic amines) is 1. The van der Waals surface area contributed by atoms with Crippen molar-refractivity contribution in [2.45, 2.75) is 83.5 Å². The molecule has 3 rings (SSSR count). The second-order valence-electron chi connectivity index (χ2n) is 10.3. The number of aryl methyl sites for hydroxylation is 1. The van der Waals surface area contributed by atoms with Crippen molar-refractivity contribution in [1.82, 2.24) is 20.4 Å². The van der Waals surface area contributed by atoms with Gasteiger partial charge >= 0.3 is 6.09 Å². The molecule has 0 aromatic heterocycles. The topological polar surface area (TPSA) is 119 Å². The highest BCUT2D eigenvalue weighted by atomic mass is 16.4. The molecule has 1 fully saturated rings. The van der Waals surface area contributed by atoms with Gasteiger partial charge in [0, 0.05) is 13.6 Å². The Bertz CT molecular complexity index is 980. The van der Waals surface area contributed by atoms with Crippen LogP contribution < -0.4 is 10.6 Å². The molecular weight excluding hydrogens is 448 g/mol. The highest BCUT2D eigenvalue weighted by Crippen LogP contribution is 2.34. The maximum absolute atomic E-state index is 13.7. The molecule has 2 aliphatic rings. The van der Waals surface area contributed by atoms with Gasteiger partial charge in [0.25, 0.3) is 0 Å². The number of carboxylic acid groups (broad SMARTS) is 1. The van der Waals surface area contributed by atoms with Crippen molar-refractivity contribution in [2.24, 2.45) is 5.92 Å². The van der Waals surface area contributed by atoms with Gasteiger partial charge in [0.1, 0.15) is 17.6 Å². The van der Waals surface area contributed by atoms with Gasteiger partial charge in [-0.15, -0.1) is 0 Å². The molecule has 9 heteroatoms. The third-order valence-corrected chi connectivity index (χ3v) is 7.56. The first kappa shape index (κ1) is 26.5. The molecule has 0 spiro atoms. The van der Waals surface area contributed by atoms with Crippen LogP contribution in [0.15, 0.2) is 24.3 Å². The SMILES string of the molecule is CC(C)C(NC(=O)C(C)N(C)C(=O)O)C(=O)N1CCCC1(C)C(=O)NC1CCCc2ccccc21. The van der Waals surface area contributed by atoms with Crippen molar-refractivity contribution in [2.75, 3.05) is 13.6 Å². The van der Waals surface area contributed by atoms with Crippen molar-refractivity contribution in [1.29, 1.82) is 0 Å². The van der Waals surface area contributed by atoms with E-state index in [1.165, 1.54) is 19.5 Å². The summed E-state index contributed by atoms with van der Waals surface area (Å²) in [5.41, 5.74) is 1.36. The number of rotatable bonds is 7. The number of likely N-dealkylation sites (N-methyl/N-ethyl adjacent to an activating group) is 1. The summed E-state index contributed by atoms with van der Waals surface area (Å²) >= 11 is 0. The predicted octanol–water partition coefficient (Wildman–Crippen LogP) is 2.70. The zero-order chi connectivity index (χ0) is 25.9. The van der Waals surface area contributed by atoms with E-state index < -0.39 is 29.6 Å². The van der Waals surface area contributed by atoms with E-state index in [-0.39, 0.29) is 23.8 Å². The van der Waals surface area contributed by atoms with Gasteiger partial charge in [-0.3, -0.25) is 19.3 Å². The second-order valence-corrected chi connectivity index (χ2v) is 10.3. The average Bonchev–Trinajstić information content (AvgIpc) is 3.23. The lowest BCUT2D eigenvalue weighted by Gasteiger charge is -2.39. The molecule has 1 aliphatic carbocycles. The largest absolute Gasteiger partial charge is 0.465 e. The third kappa shape index (κ3) is 5.44. The first-order valence-corrected chi connectivity index (χ1v) is 12.4. The van der Waals surface area contributed by atoms with Crippen LogP contribution >= 0.6 is 0 Å². The van der Waals surface area contributed by atoms with E-state index in [2.05, 4.69) is 22.8 Å². The summed E-state index contributed by atoms with van der Waals surface area (Å²) in [7, 11) is 1.31. The number of carbonyl (C=O) groups excluding carboxylic acids is 3. The van der Waals surface area contributed by atoms with E-state index in [1.807, 2.05) is 26.0 Å². The number of carbonyl (C=O) groups is 4. The first-order valence-electron chi connectivity index (χ1n) is 12.4. The lowest BCUT2D eigenvalue weighted by molar-refractivity contribution is -0.148. The van der Waals surface area contributed by atoms with Gasteiger partial charge in [-0.2, -0.15) is 0 Å². The summed E-state index contributed by atoms with van der Waals surface area (Å²) in [4.78, 5) is 53.7.